The molecule has 94 valence electrons. The Bertz CT molecular complexity index is 371. The monoisotopic (exact) mass is 243 g/mol. The van der Waals surface area contributed by atoms with Crippen molar-refractivity contribution in [2.75, 3.05) is 7.05 Å². The van der Waals surface area contributed by atoms with E-state index >= 15 is 0 Å². The highest BCUT2D eigenvalue weighted by Crippen LogP contribution is 2.35. The minimum Gasteiger partial charge on any atom is -0.313 e. The third-order valence-electron chi connectivity index (χ3n) is 2.65. The Labute approximate surface area is 99.3 Å². The van der Waals surface area contributed by atoms with E-state index in [9.17, 15) is 13.2 Å². The van der Waals surface area contributed by atoms with Crippen LogP contribution in [0.5, 0.6) is 0 Å². The number of hydrogen-bond donors (Lipinski definition) is 1. The van der Waals surface area contributed by atoms with Gasteiger partial charge in [-0.15, -0.1) is 6.58 Å². The lowest BCUT2D eigenvalue weighted by atomic mass is 9.96. The first-order chi connectivity index (χ1) is 8.00. The second kappa shape index (κ2) is 5.87. The van der Waals surface area contributed by atoms with Gasteiger partial charge in [0, 0.05) is 6.04 Å². The maximum absolute atomic E-state index is 12.8. The fourth-order valence-corrected chi connectivity index (χ4v) is 1.80. The van der Waals surface area contributed by atoms with Crippen molar-refractivity contribution < 1.29 is 13.2 Å². The maximum atomic E-state index is 12.8. The van der Waals surface area contributed by atoms with Crippen LogP contribution in [0.4, 0.5) is 13.2 Å². The van der Waals surface area contributed by atoms with Gasteiger partial charge in [0.1, 0.15) is 0 Å². The zero-order valence-electron chi connectivity index (χ0n) is 9.72. The van der Waals surface area contributed by atoms with Crippen molar-refractivity contribution in [2.45, 2.75) is 25.1 Å². The summed E-state index contributed by atoms with van der Waals surface area (Å²) >= 11 is 0. The molecule has 4 heteroatoms. The van der Waals surface area contributed by atoms with Gasteiger partial charge in [-0.25, -0.2) is 0 Å². The molecule has 0 aliphatic rings. The van der Waals surface area contributed by atoms with Crippen molar-refractivity contribution in [3.05, 3.63) is 48.0 Å². The Kier molecular flexibility index (Phi) is 4.75. The topological polar surface area (TPSA) is 12.0 Å². The minimum atomic E-state index is -4.31. The highest BCUT2D eigenvalue weighted by atomic mass is 19.4. The van der Waals surface area contributed by atoms with E-state index in [1.54, 1.807) is 19.2 Å². The van der Waals surface area contributed by atoms with E-state index in [1.807, 2.05) is 0 Å². The van der Waals surface area contributed by atoms with E-state index in [-0.39, 0.29) is 6.04 Å². The number of hydrogen-bond acceptors (Lipinski definition) is 1. The smallest absolute Gasteiger partial charge is 0.313 e. The van der Waals surface area contributed by atoms with Crippen LogP contribution in [0.1, 0.15) is 30.0 Å². The average molecular weight is 243 g/mol. The number of benzene rings is 1. The summed E-state index contributed by atoms with van der Waals surface area (Å²) in [4.78, 5) is 0. The Morgan fingerprint density at radius 1 is 1.35 bits per heavy atom. The molecule has 0 amide bonds. The van der Waals surface area contributed by atoms with E-state index in [0.29, 0.717) is 18.4 Å². The van der Waals surface area contributed by atoms with Gasteiger partial charge in [0.15, 0.2) is 0 Å². The molecule has 1 N–H and O–H groups in total. The van der Waals surface area contributed by atoms with E-state index < -0.39 is 11.7 Å². The molecular formula is C13H16F3N. The molecule has 1 aromatic carbocycles. The molecule has 17 heavy (non-hydrogen) atoms. The van der Waals surface area contributed by atoms with E-state index in [4.69, 9.17) is 0 Å². The first-order valence-corrected chi connectivity index (χ1v) is 5.45. The number of halogens is 3. The van der Waals surface area contributed by atoms with Crippen LogP contribution in [0.25, 0.3) is 0 Å². The third kappa shape index (κ3) is 3.60. The van der Waals surface area contributed by atoms with Crippen LogP contribution >= 0.6 is 0 Å². The van der Waals surface area contributed by atoms with Gasteiger partial charge in [0.2, 0.25) is 0 Å². The highest BCUT2D eigenvalue weighted by molar-refractivity contribution is 5.32. The Morgan fingerprint density at radius 3 is 2.53 bits per heavy atom. The van der Waals surface area contributed by atoms with Crippen molar-refractivity contribution >= 4 is 0 Å². The predicted octanol–water partition coefficient (Wildman–Crippen LogP) is 3.93. The molecule has 1 aromatic rings. The number of alkyl halides is 3. The van der Waals surface area contributed by atoms with Crippen LogP contribution in [-0.2, 0) is 6.18 Å². The van der Waals surface area contributed by atoms with Crippen molar-refractivity contribution in [2.24, 2.45) is 0 Å². The Morgan fingerprint density at radius 2 is 2.00 bits per heavy atom. The van der Waals surface area contributed by atoms with Gasteiger partial charge in [-0.1, -0.05) is 24.3 Å². The molecule has 0 radical (unpaired) electrons. The van der Waals surface area contributed by atoms with Gasteiger partial charge in [0.05, 0.1) is 5.56 Å². The SMILES string of the molecule is C=CCCC(NC)c1ccccc1C(F)(F)F. The molecule has 0 fully saturated rings. The molecule has 1 unspecified atom stereocenters. The molecule has 0 aromatic heterocycles. The van der Waals surface area contributed by atoms with Gasteiger partial charge in [0.25, 0.3) is 0 Å². The number of rotatable bonds is 5. The van der Waals surface area contributed by atoms with Crippen LogP contribution in [0, 0.1) is 0 Å². The lowest BCUT2D eigenvalue weighted by Gasteiger charge is -2.20. The molecule has 1 atom stereocenters. The van der Waals surface area contributed by atoms with Gasteiger partial charge >= 0.3 is 6.18 Å². The summed E-state index contributed by atoms with van der Waals surface area (Å²) in [6.07, 6.45) is -1.31. The highest BCUT2D eigenvalue weighted by Gasteiger charge is 2.34. The molecule has 0 saturated carbocycles. The predicted molar refractivity (Wildman–Crippen MR) is 62.7 cm³/mol. The van der Waals surface area contributed by atoms with Crippen molar-refractivity contribution in [1.29, 1.82) is 0 Å². The van der Waals surface area contributed by atoms with Crippen LogP contribution in [0.15, 0.2) is 36.9 Å². The van der Waals surface area contributed by atoms with Gasteiger partial charge < -0.3 is 5.32 Å². The van der Waals surface area contributed by atoms with Crippen LogP contribution in [-0.4, -0.2) is 7.05 Å². The second-order valence-electron chi connectivity index (χ2n) is 3.79. The maximum Gasteiger partial charge on any atom is 0.416 e. The first kappa shape index (κ1) is 13.8. The molecule has 0 heterocycles. The molecule has 0 bridgehead atoms. The Hall–Kier alpha value is -1.29. The van der Waals surface area contributed by atoms with Crippen LogP contribution in [0.3, 0.4) is 0 Å². The summed E-state index contributed by atoms with van der Waals surface area (Å²) < 4.78 is 38.5. The van der Waals surface area contributed by atoms with Crippen molar-refractivity contribution in [3.63, 3.8) is 0 Å². The summed E-state index contributed by atoms with van der Waals surface area (Å²) in [5.41, 5.74) is -0.271. The quantitative estimate of drug-likeness (QED) is 0.772. The zero-order chi connectivity index (χ0) is 12.9. The largest absolute Gasteiger partial charge is 0.416 e. The lowest BCUT2D eigenvalue weighted by Crippen LogP contribution is -2.20. The minimum absolute atomic E-state index is 0.296. The van der Waals surface area contributed by atoms with Crippen molar-refractivity contribution in [3.8, 4) is 0 Å². The molecule has 1 rings (SSSR count). The fraction of sp³-hybridized carbons (Fsp3) is 0.385. The molecular weight excluding hydrogens is 227 g/mol. The first-order valence-electron chi connectivity index (χ1n) is 5.45. The summed E-state index contributed by atoms with van der Waals surface area (Å²) in [6.45, 7) is 3.58. The second-order valence-corrected chi connectivity index (χ2v) is 3.79. The van der Waals surface area contributed by atoms with Crippen LogP contribution in [0.2, 0.25) is 0 Å². The number of allylic oxidation sites excluding steroid dienone is 1. The summed E-state index contributed by atoms with van der Waals surface area (Å²) in [5.74, 6) is 0. The lowest BCUT2D eigenvalue weighted by molar-refractivity contribution is -0.138. The normalized spacial score (nSPS) is 13.4. The average Bonchev–Trinajstić information content (AvgIpc) is 2.29. The van der Waals surface area contributed by atoms with Gasteiger partial charge in [-0.05, 0) is 31.5 Å². The zero-order valence-corrected chi connectivity index (χ0v) is 9.72. The molecule has 0 spiro atoms. The van der Waals surface area contributed by atoms with Crippen molar-refractivity contribution in [1.82, 2.24) is 5.32 Å². The van der Waals surface area contributed by atoms with Gasteiger partial charge in [-0.3, -0.25) is 0 Å². The molecule has 0 saturated heterocycles. The molecule has 1 nitrogen and oxygen atoms in total. The fourth-order valence-electron chi connectivity index (χ4n) is 1.80. The standard InChI is InChI=1S/C13H16F3N/c1-3-4-9-12(17-2)10-7-5-6-8-11(10)13(14,15)16/h3,5-8,12,17H,1,4,9H2,2H3. The van der Waals surface area contributed by atoms with Gasteiger partial charge in [-0.2, -0.15) is 13.2 Å². The summed E-state index contributed by atoms with van der Waals surface area (Å²) in [5, 5.41) is 2.92. The third-order valence-corrected chi connectivity index (χ3v) is 2.65. The molecule has 0 aliphatic carbocycles. The Balaban J connectivity index is 3.06. The summed E-state index contributed by atoms with van der Waals surface area (Å²) in [6, 6.07) is 5.38. The van der Waals surface area contributed by atoms with E-state index in [0.717, 1.165) is 6.07 Å². The van der Waals surface area contributed by atoms with Crippen LogP contribution < -0.4 is 5.32 Å². The summed E-state index contributed by atoms with van der Waals surface area (Å²) in [7, 11) is 1.67. The van der Waals surface area contributed by atoms with E-state index in [1.165, 1.54) is 12.1 Å². The molecule has 0 aliphatic heterocycles. The van der Waals surface area contributed by atoms with E-state index in [2.05, 4.69) is 11.9 Å². The number of nitrogens with one attached hydrogen (secondary N) is 1.